The number of carbonyl (C=O) groups excluding carboxylic acids is 1. The Bertz CT molecular complexity index is 681. The van der Waals surface area contributed by atoms with Crippen LogP contribution in [0.2, 0.25) is 0 Å². The lowest BCUT2D eigenvalue weighted by Crippen LogP contribution is -2.42. The summed E-state index contributed by atoms with van der Waals surface area (Å²) in [4.78, 5) is 12.4. The molecule has 0 saturated carbocycles. The first-order valence-corrected chi connectivity index (χ1v) is 8.48. The lowest BCUT2D eigenvalue weighted by atomic mass is 9.95. The third-order valence-electron chi connectivity index (χ3n) is 5.08. The molecule has 118 valence electrons. The zero-order chi connectivity index (χ0) is 15.6. The molecule has 2 bridgehead atoms. The summed E-state index contributed by atoms with van der Waals surface area (Å²) < 4.78 is 0. The van der Waals surface area contributed by atoms with E-state index in [9.17, 15) is 4.79 Å². The molecule has 0 aliphatic carbocycles. The number of carbonyl (C=O) groups is 1. The van der Waals surface area contributed by atoms with Crippen molar-refractivity contribution in [1.82, 2.24) is 10.6 Å². The van der Waals surface area contributed by atoms with Crippen LogP contribution in [0.25, 0.3) is 0 Å². The van der Waals surface area contributed by atoms with Crippen LogP contribution in [0, 0.1) is 0 Å². The topological polar surface area (TPSA) is 41.1 Å². The van der Waals surface area contributed by atoms with E-state index in [1.54, 1.807) is 0 Å². The van der Waals surface area contributed by atoms with Crippen LogP contribution < -0.4 is 10.6 Å². The normalized spacial score (nSPS) is 25.5. The number of benzene rings is 2. The first-order valence-electron chi connectivity index (χ1n) is 8.48. The number of fused-ring (bicyclic) bond motifs is 2. The molecule has 3 heteroatoms. The van der Waals surface area contributed by atoms with E-state index in [-0.39, 0.29) is 5.91 Å². The summed E-state index contributed by atoms with van der Waals surface area (Å²) in [5.74, 6) is 0.0515. The van der Waals surface area contributed by atoms with Gasteiger partial charge in [0.2, 0.25) is 0 Å². The highest BCUT2D eigenvalue weighted by molar-refractivity contribution is 5.94. The second-order valence-corrected chi connectivity index (χ2v) is 6.72. The van der Waals surface area contributed by atoms with Crippen LogP contribution in [0.5, 0.6) is 0 Å². The molecule has 23 heavy (non-hydrogen) atoms. The summed E-state index contributed by atoms with van der Waals surface area (Å²) in [6, 6.07) is 19.8. The van der Waals surface area contributed by atoms with Crippen LogP contribution in [-0.2, 0) is 6.42 Å². The minimum atomic E-state index is 0.0515. The summed E-state index contributed by atoms with van der Waals surface area (Å²) >= 11 is 0. The number of hydrogen-bond donors (Lipinski definition) is 2. The molecule has 2 fully saturated rings. The van der Waals surface area contributed by atoms with Crippen LogP contribution in [0.15, 0.2) is 54.6 Å². The fraction of sp³-hybridized carbons (Fsp3) is 0.350. The highest BCUT2D eigenvalue weighted by Crippen LogP contribution is 2.28. The van der Waals surface area contributed by atoms with Gasteiger partial charge in [0.05, 0.1) is 0 Å². The van der Waals surface area contributed by atoms with Crippen molar-refractivity contribution in [3.63, 3.8) is 0 Å². The molecule has 2 heterocycles. The van der Waals surface area contributed by atoms with Gasteiger partial charge >= 0.3 is 0 Å². The van der Waals surface area contributed by atoms with Crippen molar-refractivity contribution in [3.05, 3.63) is 71.3 Å². The van der Waals surface area contributed by atoms with E-state index < -0.39 is 0 Å². The highest BCUT2D eigenvalue weighted by Gasteiger charge is 2.39. The molecule has 2 aliphatic rings. The van der Waals surface area contributed by atoms with Crippen LogP contribution >= 0.6 is 0 Å². The monoisotopic (exact) mass is 306 g/mol. The molecule has 0 aromatic heterocycles. The van der Waals surface area contributed by atoms with E-state index in [1.165, 1.54) is 24.0 Å². The van der Waals surface area contributed by atoms with Gasteiger partial charge in [-0.25, -0.2) is 0 Å². The largest absolute Gasteiger partial charge is 0.348 e. The Morgan fingerprint density at radius 2 is 1.74 bits per heavy atom. The second-order valence-electron chi connectivity index (χ2n) is 6.72. The zero-order valence-electron chi connectivity index (χ0n) is 13.2. The molecule has 2 N–H and O–H groups in total. The number of hydrogen-bond acceptors (Lipinski definition) is 2. The van der Waals surface area contributed by atoms with E-state index in [4.69, 9.17) is 0 Å². The average Bonchev–Trinajstić information content (AvgIpc) is 3.19. The van der Waals surface area contributed by atoms with Crippen molar-refractivity contribution in [2.75, 3.05) is 0 Å². The quantitative estimate of drug-likeness (QED) is 0.912. The summed E-state index contributed by atoms with van der Waals surface area (Å²) in [7, 11) is 0. The van der Waals surface area contributed by atoms with Gasteiger partial charge in [0.1, 0.15) is 0 Å². The molecule has 4 rings (SSSR count). The maximum atomic E-state index is 12.4. The fourth-order valence-corrected chi connectivity index (χ4v) is 3.84. The standard InChI is InChI=1S/C20H22N2O/c23-20(22-19-13-17-10-11-18(19)21-17)16-8-6-15(7-9-16)12-14-4-2-1-3-5-14/h1-9,17-19,21H,10-13H2,(H,22,23). The molecule has 1 amide bonds. The molecule has 2 aromatic rings. The van der Waals surface area contributed by atoms with E-state index in [2.05, 4.69) is 47.0 Å². The molecule has 0 spiro atoms. The Morgan fingerprint density at radius 3 is 2.39 bits per heavy atom. The Kier molecular flexibility index (Phi) is 3.88. The first-order chi connectivity index (χ1) is 11.3. The van der Waals surface area contributed by atoms with Gasteiger partial charge in [-0.2, -0.15) is 0 Å². The van der Waals surface area contributed by atoms with E-state index in [1.807, 2.05) is 18.2 Å². The maximum Gasteiger partial charge on any atom is 0.251 e. The van der Waals surface area contributed by atoms with Crippen molar-refractivity contribution in [2.24, 2.45) is 0 Å². The van der Waals surface area contributed by atoms with Crippen molar-refractivity contribution >= 4 is 5.91 Å². The Labute approximate surface area is 137 Å². The molecule has 3 atom stereocenters. The Morgan fingerprint density at radius 1 is 1.00 bits per heavy atom. The SMILES string of the molecule is O=C(NC1CC2CCC1N2)c1ccc(Cc2ccccc2)cc1. The second kappa shape index (κ2) is 6.17. The Hall–Kier alpha value is -2.13. The van der Waals surface area contributed by atoms with Gasteiger partial charge in [0, 0.05) is 23.7 Å². The van der Waals surface area contributed by atoms with Gasteiger partial charge in [-0.3, -0.25) is 4.79 Å². The number of amides is 1. The van der Waals surface area contributed by atoms with Crippen molar-refractivity contribution < 1.29 is 4.79 Å². The van der Waals surface area contributed by atoms with Gasteiger partial charge in [0.25, 0.3) is 5.91 Å². The third kappa shape index (κ3) is 3.15. The van der Waals surface area contributed by atoms with E-state index in [0.717, 1.165) is 18.4 Å². The zero-order valence-corrected chi connectivity index (χ0v) is 13.2. The van der Waals surface area contributed by atoms with Crippen LogP contribution in [-0.4, -0.2) is 24.0 Å². The van der Waals surface area contributed by atoms with Crippen molar-refractivity contribution in [3.8, 4) is 0 Å². The number of nitrogens with one attached hydrogen (secondary N) is 2. The third-order valence-corrected chi connectivity index (χ3v) is 5.08. The minimum Gasteiger partial charge on any atom is -0.348 e. The molecular weight excluding hydrogens is 284 g/mol. The maximum absolute atomic E-state index is 12.4. The van der Waals surface area contributed by atoms with Gasteiger partial charge in [-0.05, 0) is 48.9 Å². The molecule has 3 nitrogen and oxygen atoms in total. The fourth-order valence-electron chi connectivity index (χ4n) is 3.84. The molecular formula is C20H22N2O. The smallest absolute Gasteiger partial charge is 0.251 e. The predicted octanol–water partition coefficient (Wildman–Crippen LogP) is 2.90. The molecule has 2 aromatic carbocycles. The molecule has 3 unspecified atom stereocenters. The molecule has 2 aliphatic heterocycles. The van der Waals surface area contributed by atoms with Crippen LogP contribution in [0.3, 0.4) is 0 Å². The van der Waals surface area contributed by atoms with Gasteiger partial charge < -0.3 is 10.6 Å². The minimum absolute atomic E-state index is 0.0515. The predicted molar refractivity (Wildman–Crippen MR) is 91.5 cm³/mol. The van der Waals surface area contributed by atoms with E-state index in [0.29, 0.717) is 18.1 Å². The Balaban J connectivity index is 1.38. The highest BCUT2D eigenvalue weighted by atomic mass is 16.1. The molecule has 2 saturated heterocycles. The lowest BCUT2D eigenvalue weighted by molar-refractivity contribution is 0.0931. The van der Waals surface area contributed by atoms with Crippen molar-refractivity contribution in [1.29, 1.82) is 0 Å². The van der Waals surface area contributed by atoms with Gasteiger partial charge in [-0.15, -0.1) is 0 Å². The summed E-state index contributed by atoms with van der Waals surface area (Å²) in [5.41, 5.74) is 3.27. The van der Waals surface area contributed by atoms with Crippen molar-refractivity contribution in [2.45, 2.75) is 43.8 Å². The number of rotatable bonds is 4. The summed E-state index contributed by atoms with van der Waals surface area (Å²) in [6.45, 7) is 0. The van der Waals surface area contributed by atoms with Gasteiger partial charge in [0.15, 0.2) is 0 Å². The first kappa shape index (κ1) is 14.5. The van der Waals surface area contributed by atoms with Crippen LogP contribution in [0.1, 0.15) is 40.7 Å². The van der Waals surface area contributed by atoms with E-state index >= 15 is 0 Å². The summed E-state index contributed by atoms with van der Waals surface area (Å²) in [5, 5.41) is 6.75. The molecule has 0 radical (unpaired) electrons. The van der Waals surface area contributed by atoms with Gasteiger partial charge in [-0.1, -0.05) is 42.5 Å². The van der Waals surface area contributed by atoms with Crippen LogP contribution in [0.4, 0.5) is 0 Å². The average molecular weight is 306 g/mol. The lowest BCUT2D eigenvalue weighted by Gasteiger charge is -2.21. The summed E-state index contributed by atoms with van der Waals surface area (Å²) in [6.07, 6.45) is 4.42.